The van der Waals surface area contributed by atoms with Crippen LogP contribution in [0.2, 0.25) is 5.02 Å². The first-order valence-electron chi connectivity index (χ1n) is 5.58. The summed E-state index contributed by atoms with van der Waals surface area (Å²) in [6, 6.07) is 4.19. The fourth-order valence-corrected chi connectivity index (χ4v) is 3.46. The zero-order chi connectivity index (χ0) is 14.5. The van der Waals surface area contributed by atoms with Gasteiger partial charge in [0.15, 0.2) is 0 Å². The Labute approximate surface area is 117 Å². The number of halogens is 1. The normalized spacial score (nSPS) is 12.0. The zero-order valence-corrected chi connectivity index (χ0v) is 12.1. The van der Waals surface area contributed by atoms with Gasteiger partial charge in [-0.25, -0.2) is 8.42 Å². The lowest BCUT2D eigenvalue weighted by Crippen LogP contribution is -2.36. The minimum Gasteiger partial charge on any atom is -0.399 e. The van der Waals surface area contributed by atoms with Crippen molar-refractivity contribution in [3.63, 3.8) is 0 Å². The predicted octanol–water partition coefficient (Wildman–Crippen LogP) is 0.552. The van der Waals surface area contributed by atoms with Crippen LogP contribution in [0.15, 0.2) is 23.1 Å². The number of hydrogen-bond acceptors (Lipinski definition) is 5. The monoisotopic (exact) mass is 308 g/mol. The molecular weight excluding hydrogens is 292 g/mol. The van der Waals surface area contributed by atoms with Crippen LogP contribution in [-0.4, -0.2) is 51.2 Å². The molecule has 0 aromatic heterocycles. The van der Waals surface area contributed by atoms with Crippen molar-refractivity contribution in [2.75, 3.05) is 39.1 Å². The number of ether oxygens (including phenoxy) is 1. The standard InChI is InChI=1S/C11H17ClN2O4S/c1-18-7-5-14(4-6-15)19(16,17)11-3-2-9(13)8-10(11)12/h2-3,8,15H,4-7,13H2,1H3. The van der Waals surface area contributed by atoms with Crippen LogP contribution in [0.1, 0.15) is 0 Å². The minimum absolute atomic E-state index is 0.0214. The third-order valence-corrected chi connectivity index (χ3v) is 4.85. The largest absolute Gasteiger partial charge is 0.399 e. The number of sulfonamides is 1. The molecule has 0 unspecified atom stereocenters. The first-order valence-corrected chi connectivity index (χ1v) is 7.40. The summed E-state index contributed by atoms with van der Waals surface area (Å²) >= 11 is 5.91. The highest BCUT2D eigenvalue weighted by Gasteiger charge is 2.26. The van der Waals surface area contributed by atoms with Crippen molar-refractivity contribution in [1.29, 1.82) is 0 Å². The molecule has 1 aromatic rings. The second-order valence-corrected chi connectivity index (χ2v) is 6.12. The van der Waals surface area contributed by atoms with E-state index in [9.17, 15) is 8.42 Å². The van der Waals surface area contributed by atoms with Crippen LogP contribution in [-0.2, 0) is 14.8 Å². The fraction of sp³-hybridized carbons (Fsp3) is 0.455. The summed E-state index contributed by atoms with van der Waals surface area (Å²) in [5.74, 6) is 0. The van der Waals surface area contributed by atoms with E-state index in [2.05, 4.69) is 0 Å². The molecule has 0 atom stereocenters. The first-order chi connectivity index (χ1) is 8.93. The number of rotatable bonds is 7. The molecule has 0 saturated carbocycles. The van der Waals surface area contributed by atoms with Gasteiger partial charge in [-0.05, 0) is 18.2 Å². The molecule has 0 bridgehead atoms. The van der Waals surface area contributed by atoms with Gasteiger partial charge in [0, 0.05) is 25.9 Å². The van der Waals surface area contributed by atoms with E-state index in [1.807, 2.05) is 0 Å². The minimum atomic E-state index is -3.78. The Balaban J connectivity index is 3.11. The molecule has 0 radical (unpaired) electrons. The SMILES string of the molecule is COCCN(CCO)S(=O)(=O)c1ccc(N)cc1Cl. The number of nitrogens with zero attached hydrogens (tertiary/aromatic N) is 1. The van der Waals surface area contributed by atoms with Crippen molar-refractivity contribution < 1.29 is 18.3 Å². The molecule has 0 aliphatic heterocycles. The van der Waals surface area contributed by atoms with Gasteiger partial charge in [0.1, 0.15) is 4.90 Å². The molecular formula is C11H17ClN2O4S. The van der Waals surface area contributed by atoms with Crippen molar-refractivity contribution in [3.8, 4) is 0 Å². The van der Waals surface area contributed by atoms with Crippen LogP contribution in [0.25, 0.3) is 0 Å². The van der Waals surface area contributed by atoms with E-state index in [4.69, 9.17) is 27.2 Å². The van der Waals surface area contributed by atoms with Crippen molar-refractivity contribution in [3.05, 3.63) is 23.2 Å². The summed E-state index contributed by atoms with van der Waals surface area (Å²) in [5.41, 5.74) is 5.92. The lowest BCUT2D eigenvalue weighted by molar-refractivity contribution is 0.168. The van der Waals surface area contributed by atoms with Gasteiger partial charge < -0.3 is 15.6 Å². The number of benzene rings is 1. The second-order valence-electron chi connectivity index (χ2n) is 3.81. The molecule has 3 N–H and O–H groups in total. The Bertz CT molecular complexity index is 521. The maximum atomic E-state index is 12.4. The molecule has 0 spiro atoms. The number of anilines is 1. The van der Waals surface area contributed by atoms with Crippen molar-refractivity contribution in [2.24, 2.45) is 0 Å². The van der Waals surface area contributed by atoms with E-state index in [-0.39, 0.29) is 36.2 Å². The number of nitrogens with two attached hydrogens (primary N) is 1. The van der Waals surface area contributed by atoms with Gasteiger partial charge in [0.2, 0.25) is 10.0 Å². The van der Waals surface area contributed by atoms with E-state index in [0.29, 0.717) is 5.69 Å². The Morgan fingerprint density at radius 3 is 2.63 bits per heavy atom. The maximum Gasteiger partial charge on any atom is 0.244 e. The second kappa shape index (κ2) is 7.06. The van der Waals surface area contributed by atoms with E-state index in [0.717, 1.165) is 4.31 Å². The molecule has 0 aliphatic carbocycles. The lowest BCUT2D eigenvalue weighted by Gasteiger charge is -2.21. The van der Waals surface area contributed by atoms with E-state index >= 15 is 0 Å². The number of nitrogen functional groups attached to an aromatic ring is 1. The average Bonchev–Trinajstić information content (AvgIpc) is 2.33. The molecule has 0 amide bonds. The van der Waals surface area contributed by atoms with Gasteiger partial charge in [-0.2, -0.15) is 4.31 Å². The topological polar surface area (TPSA) is 92.9 Å². The van der Waals surface area contributed by atoms with E-state index in [1.54, 1.807) is 0 Å². The molecule has 108 valence electrons. The molecule has 0 heterocycles. The van der Waals surface area contributed by atoms with Gasteiger partial charge >= 0.3 is 0 Å². The quantitative estimate of drug-likeness (QED) is 0.718. The summed E-state index contributed by atoms with van der Waals surface area (Å²) < 4.78 is 30.8. The lowest BCUT2D eigenvalue weighted by atomic mass is 10.3. The van der Waals surface area contributed by atoms with Gasteiger partial charge in [-0.3, -0.25) is 0 Å². The third kappa shape index (κ3) is 4.05. The molecule has 0 aliphatic rings. The summed E-state index contributed by atoms with van der Waals surface area (Å²) in [6.07, 6.45) is 0. The molecule has 6 nitrogen and oxygen atoms in total. The summed E-state index contributed by atoms with van der Waals surface area (Å²) in [7, 11) is -2.30. The Morgan fingerprint density at radius 1 is 1.42 bits per heavy atom. The van der Waals surface area contributed by atoms with Gasteiger partial charge in [-0.1, -0.05) is 11.6 Å². The molecule has 8 heteroatoms. The maximum absolute atomic E-state index is 12.4. The molecule has 19 heavy (non-hydrogen) atoms. The highest BCUT2D eigenvalue weighted by atomic mass is 35.5. The van der Waals surface area contributed by atoms with Crippen LogP contribution >= 0.6 is 11.6 Å². The highest BCUT2D eigenvalue weighted by molar-refractivity contribution is 7.89. The Kier molecular flexibility index (Phi) is 6.02. The summed E-state index contributed by atoms with van der Waals surface area (Å²) in [6.45, 7) is 0.0633. The number of aliphatic hydroxyl groups excluding tert-OH is 1. The van der Waals surface area contributed by atoms with Gasteiger partial charge in [-0.15, -0.1) is 0 Å². The van der Waals surface area contributed by atoms with Crippen molar-refractivity contribution >= 4 is 27.3 Å². The van der Waals surface area contributed by atoms with E-state index in [1.165, 1.54) is 25.3 Å². The van der Waals surface area contributed by atoms with Gasteiger partial charge in [0.25, 0.3) is 0 Å². The number of aliphatic hydroxyl groups is 1. The van der Waals surface area contributed by atoms with Crippen LogP contribution in [0, 0.1) is 0 Å². The van der Waals surface area contributed by atoms with E-state index < -0.39 is 10.0 Å². The van der Waals surface area contributed by atoms with Crippen molar-refractivity contribution in [2.45, 2.75) is 4.90 Å². The first kappa shape index (κ1) is 16.2. The molecule has 1 rings (SSSR count). The summed E-state index contributed by atoms with van der Waals surface area (Å²) in [4.78, 5) is -0.0343. The Morgan fingerprint density at radius 2 is 2.11 bits per heavy atom. The predicted molar refractivity (Wildman–Crippen MR) is 73.6 cm³/mol. The summed E-state index contributed by atoms with van der Waals surface area (Å²) in [5, 5.41) is 9.02. The van der Waals surface area contributed by atoms with Crippen molar-refractivity contribution in [1.82, 2.24) is 4.31 Å². The number of hydrogen-bond donors (Lipinski definition) is 2. The Hall–Kier alpha value is -0.860. The van der Waals surface area contributed by atoms with Crippen LogP contribution in [0.4, 0.5) is 5.69 Å². The van der Waals surface area contributed by atoms with Crippen LogP contribution < -0.4 is 5.73 Å². The van der Waals surface area contributed by atoms with Crippen LogP contribution in [0.3, 0.4) is 0 Å². The molecule has 1 aromatic carbocycles. The zero-order valence-electron chi connectivity index (χ0n) is 10.5. The molecule has 0 saturated heterocycles. The fourth-order valence-electron chi connectivity index (χ4n) is 1.52. The molecule has 0 fully saturated rings. The van der Waals surface area contributed by atoms with Crippen LogP contribution in [0.5, 0.6) is 0 Å². The third-order valence-electron chi connectivity index (χ3n) is 2.47. The highest BCUT2D eigenvalue weighted by Crippen LogP contribution is 2.26. The average molecular weight is 309 g/mol. The number of methoxy groups -OCH3 is 1. The van der Waals surface area contributed by atoms with Gasteiger partial charge in [0.05, 0.1) is 18.2 Å². The smallest absolute Gasteiger partial charge is 0.244 e.